The van der Waals surface area contributed by atoms with Gasteiger partial charge in [-0.25, -0.2) is 13.6 Å². The van der Waals surface area contributed by atoms with Crippen LogP contribution in [-0.2, 0) is 16.6 Å². The molecule has 0 aliphatic rings. The van der Waals surface area contributed by atoms with E-state index >= 15 is 0 Å². The number of hydrogen-bond donors (Lipinski definition) is 2. The number of anilines is 1. The number of nitrogens with one attached hydrogen (secondary N) is 1. The first kappa shape index (κ1) is 19.4. The maximum Gasteiger partial charge on any atom is 0.238 e. The van der Waals surface area contributed by atoms with Gasteiger partial charge in [0.15, 0.2) is 11.5 Å². The summed E-state index contributed by atoms with van der Waals surface area (Å²) in [5.41, 5.74) is 1.67. The highest BCUT2D eigenvalue weighted by Crippen LogP contribution is 2.36. The molecule has 8 heteroatoms. The van der Waals surface area contributed by atoms with Gasteiger partial charge in [0.25, 0.3) is 0 Å². The molecule has 0 heterocycles. The van der Waals surface area contributed by atoms with Crippen LogP contribution in [-0.4, -0.2) is 21.6 Å². The van der Waals surface area contributed by atoms with Crippen LogP contribution in [0.25, 0.3) is 0 Å². The SMILES string of the molecule is CCOc1cc(CNc2ccc(S(N)(=O)=O)cc2)cc(Cl)c1OCC. The molecule has 0 saturated carbocycles. The van der Waals surface area contributed by atoms with Crippen LogP contribution >= 0.6 is 11.6 Å². The van der Waals surface area contributed by atoms with Crippen molar-refractivity contribution < 1.29 is 17.9 Å². The van der Waals surface area contributed by atoms with Crippen molar-refractivity contribution in [2.75, 3.05) is 18.5 Å². The Morgan fingerprint density at radius 1 is 1.08 bits per heavy atom. The van der Waals surface area contributed by atoms with Gasteiger partial charge in [0.1, 0.15) is 0 Å². The lowest BCUT2D eigenvalue weighted by Gasteiger charge is -2.15. The summed E-state index contributed by atoms with van der Waals surface area (Å²) in [5.74, 6) is 1.13. The van der Waals surface area contributed by atoms with Crippen molar-refractivity contribution >= 4 is 27.3 Å². The van der Waals surface area contributed by atoms with Gasteiger partial charge in [-0.3, -0.25) is 0 Å². The molecule has 0 unspecified atom stereocenters. The number of ether oxygens (including phenoxy) is 2. The van der Waals surface area contributed by atoms with Gasteiger partial charge in [-0.2, -0.15) is 0 Å². The maximum absolute atomic E-state index is 11.3. The zero-order chi connectivity index (χ0) is 18.4. The summed E-state index contributed by atoms with van der Waals surface area (Å²) in [5, 5.41) is 8.76. The van der Waals surface area contributed by atoms with E-state index in [4.69, 9.17) is 26.2 Å². The molecule has 136 valence electrons. The van der Waals surface area contributed by atoms with E-state index in [1.54, 1.807) is 18.2 Å². The molecule has 6 nitrogen and oxygen atoms in total. The lowest BCUT2D eigenvalue weighted by atomic mass is 10.2. The predicted octanol–water partition coefficient (Wildman–Crippen LogP) is 3.40. The van der Waals surface area contributed by atoms with Crippen LogP contribution in [0.15, 0.2) is 41.3 Å². The van der Waals surface area contributed by atoms with Gasteiger partial charge in [-0.05, 0) is 55.8 Å². The Morgan fingerprint density at radius 2 is 1.72 bits per heavy atom. The average molecular weight is 385 g/mol. The van der Waals surface area contributed by atoms with Crippen molar-refractivity contribution in [1.29, 1.82) is 0 Å². The Labute approximate surface area is 152 Å². The Kier molecular flexibility index (Phi) is 6.52. The average Bonchev–Trinajstić information content (AvgIpc) is 2.56. The van der Waals surface area contributed by atoms with Crippen molar-refractivity contribution in [3.63, 3.8) is 0 Å². The van der Waals surface area contributed by atoms with Crippen LogP contribution in [0.3, 0.4) is 0 Å². The number of benzene rings is 2. The van der Waals surface area contributed by atoms with E-state index < -0.39 is 10.0 Å². The van der Waals surface area contributed by atoms with Gasteiger partial charge in [0, 0.05) is 12.2 Å². The highest BCUT2D eigenvalue weighted by molar-refractivity contribution is 7.89. The highest BCUT2D eigenvalue weighted by atomic mass is 35.5. The summed E-state index contributed by atoms with van der Waals surface area (Å²) in [4.78, 5) is 0.0702. The van der Waals surface area contributed by atoms with Crippen LogP contribution in [0.2, 0.25) is 5.02 Å². The zero-order valence-electron chi connectivity index (χ0n) is 14.1. The molecular weight excluding hydrogens is 364 g/mol. The van der Waals surface area contributed by atoms with Gasteiger partial charge in [-0.1, -0.05) is 11.6 Å². The Balaban J connectivity index is 2.15. The number of rotatable bonds is 8. The Hall–Kier alpha value is -1.96. The standard InChI is InChI=1S/C17H21ClN2O4S/c1-3-23-16-10-12(9-15(18)17(16)24-4-2)11-20-13-5-7-14(8-6-13)25(19,21)22/h5-10,20H,3-4,11H2,1-2H3,(H2,19,21,22). The van der Waals surface area contributed by atoms with Crippen molar-refractivity contribution in [2.24, 2.45) is 5.14 Å². The fourth-order valence-corrected chi connectivity index (χ4v) is 3.04. The molecule has 0 spiro atoms. The first-order chi connectivity index (χ1) is 11.8. The molecule has 0 fully saturated rings. The smallest absolute Gasteiger partial charge is 0.238 e. The summed E-state index contributed by atoms with van der Waals surface area (Å²) in [6.45, 7) is 5.26. The minimum atomic E-state index is -3.69. The van der Waals surface area contributed by atoms with Crippen LogP contribution < -0.4 is 19.9 Å². The number of sulfonamides is 1. The molecule has 0 aliphatic carbocycles. The summed E-state index contributed by atoms with van der Waals surface area (Å²) in [6, 6.07) is 9.88. The molecular formula is C17H21ClN2O4S. The first-order valence-corrected chi connectivity index (χ1v) is 9.72. The normalized spacial score (nSPS) is 11.2. The zero-order valence-corrected chi connectivity index (χ0v) is 15.7. The third-order valence-corrected chi connectivity index (χ3v) is 4.55. The van der Waals surface area contributed by atoms with Crippen LogP contribution in [0.5, 0.6) is 11.5 Å². The van der Waals surface area contributed by atoms with Crippen molar-refractivity contribution in [3.05, 3.63) is 47.0 Å². The largest absolute Gasteiger partial charge is 0.490 e. The van der Waals surface area contributed by atoms with Crippen molar-refractivity contribution in [3.8, 4) is 11.5 Å². The van der Waals surface area contributed by atoms with Crippen molar-refractivity contribution in [1.82, 2.24) is 0 Å². The Morgan fingerprint density at radius 3 is 2.28 bits per heavy atom. The van der Waals surface area contributed by atoms with Crippen LogP contribution in [0.1, 0.15) is 19.4 Å². The van der Waals surface area contributed by atoms with Gasteiger partial charge in [0.2, 0.25) is 10.0 Å². The van der Waals surface area contributed by atoms with E-state index in [2.05, 4.69) is 5.32 Å². The fraction of sp³-hybridized carbons (Fsp3) is 0.294. The van der Waals surface area contributed by atoms with Gasteiger partial charge in [0.05, 0.1) is 23.1 Å². The van der Waals surface area contributed by atoms with E-state index in [9.17, 15) is 8.42 Å². The lowest BCUT2D eigenvalue weighted by Crippen LogP contribution is -2.12. The summed E-state index contributed by atoms with van der Waals surface area (Å²) >= 11 is 6.29. The first-order valence-electron chi connectivity index (χ1n) is 7.80. The van der Waals surface area contributed by atoms with Gasteiger partial charge < -0.3 is 14.8 Å². The Bertz CT molecular complexity index is 823. The van der Waals surface area contributed by atoms with Gasteiger partial charge >= 0.3 is 0 Å². The number of hydrogen-bond acceptors (Lipinski definition) is 5. The van der Waals surface area contributed by atoms with E-state index in [1.807, 2.05) is 19.9 Å². The number of primary sulfonamides is 1. The molecule has 0 atom stereocenters. The maximum atomic E-state index is 11.3. The van der Waals surface area contributed by atoms with E-state index in [0.717, 1.165) is 11.3 Å². The molecule has 3 N–H and O–H groups in total. The molecule has 0 amide bonds. The topological polar surface area (TPSA) is 90.6 Å². The number of halogens is 1. The van der Waals surface area contributed by atoms with E-state index in [0.29, 0.717) is 36.3 Å². The molecule has 0 bridgehead atoms. The van der Waals surface area contributed by atoms with Crippen molar-refractivity contribution in [2.45, 2.75) is 25.3 Å². The molecule has 2 aromatic carbocycles. The lowest BCUT2D eigenvalue weighted by molar-refractivity contribution is 0.287. The minimum Gasteiger partial charge on any atom is -0.490 e. The van der Waals surface area contributed by atoms with Crippen LogP contribution in [0, 0.1) is 0 Å². The quantitative estimate of drug-likeness (QED) is 0.727. The molecule has 25 heavy (non-hydrogen) atoms. The molecule has 2 rings (SSSR count). The monoisotopic (exact) mass is 384 g/mol. The summed E-state index contributed by atoms with van der Waals surface area (Å²) in [7, 11) is -3.69. The summed E-state index contributed by atoms with van der Waals surface area (Å²) < 4.78 is 33.7. The predicted molar refractivity (Wildman–Crippen MR) is 98.9 cm³/mol. The molecule has 0 radical (unpaired) electrons. The molecule has 0 aliphatic heterocycles. The second-order valence-electron chi connectivity index (χ2n) is 5.19. The minimum absolute atomic E-state index is 0.0702. The fourth-order valence-electron chi connectivity index (χ4n) is 2.24. The van der Waals surface area contributed by atoms with E-state index in [-0.39, 0.29) is 4.90 Å². The molecule has 0 saturated heterocycles. The summed E-state index contributed by atoms with van der Waals surface area (Å²) in [6.07, 6.45) is 0. The van der Waals surface area contributed by atoms with Crippen LogP contribution in [0.4, 0.5) is 5.69 Å². The number of nitrogens with two attached hydrogens (primary N) is 1. The third-order valence-electron chi connectivity index (χ3n) is 3.34. The highest BCUT2D eigenvalue weighted by Gasteiger charge is 2.12. The van der Waals surface area contributed by atoms with Gasteiger partial charge in [-0.15, -0.1) is 0 Å². The molecule has 2 aromatic rings. The second-order valence-corrected chi connectivity index (χ2v) is 7.16. The third kappa shape index (κ3) is 5.26. The molecule has 0 aromatic heterocycles. The van der Waals surface area contributed by atoms with E-state index in [1.165, 1.54) is 12.1 Å². The second kappa shape index (κ2) is 8.42.